The van der Waals surface area contributed by atoms with Crippen LogP contribution in [0.15, 0.2) is 0 Å². The van der Waals surface area contributed by atoms with Crippen LogP contribution in [0, 0.1) is 17.8 Å². The maximum Gasteiger partial charge on any atom is 0.305 e. The van der Waals surface area contributed by atoms with Crippen molar-refractivity contribution in [2.24, 2.45) is 17.8 Å². The van der Waals surface area contributed by atoms with Gasteiger partial charge in [0.25, 0.3) is 0 Å². The van der Waals surface area contributed by atoms with Crippen molar-refractivity contribution in [2.75, 3.05) is 13.2 Å². The number of esters is 2. The van der Waals surface area contributed by atoms with Crippen LogP contribution in [-0.4, -0.2) is 25.2 Å². The maximum atomic E-state index is 12.0. The van der Waals surface area contributed by atoms with E-state index in [0.717, 1.165) is 56.8 Å². The summed E-state index contributed by atoms with van der Waals surface area (Å²) in [6.45, 7) is 12.4. The molecular weight excluding hydrogens is 484 g/mol. The maximum absolute atomic E-state index is 12.0. The highest BCUT2D eigenvalue weighted by molar-refractivity contribution is 5.69. The zero-order chi connectivity index (χ0) is 29.0. The van der Waals surface area contributed by atoms with Crippen LogP contribution in [0.25, 0.3) is 0 Å². The summed E-state index contributed by atoms with van der Waals surface area (Å²) in [5, 5.41) is 0. The molecule has 0 saturated heterocycles. The van der Waals surface area contributed by atoms with Crippen LogP contribution >= 0.6 is 0 Å². The Bertz CT molecular complexity index is 543. The van der Waals surface area contributed by atoms with Gasteiger partial charge in [-0.2, -0.15) is 0 Å². The Labute approximate surface area is 244 Å². The van der Waals surface area contributed by atoms with E-state index < -0.39 is 0 Å². The van der Waals surface area contributed by atoms with Crippen molar-refractivity contribution >= 4 is 11.9 Å². The van der Waals surface area contributed by atoms with E-state index in [4.69, 9.17) is 9.47 Å². The van der Waals surface area contributed by atoms with E-state index in [2.05, 4.69) is 34.6 Å². The summed E-state index contributed by atoms with van der Waals surface area (Å²) < 4.78 is 10.8. The van der Waals surface area contributed by atoms with Crippen molar-refractivity contribution in [3.8, 4) is 0 Å². The third-order valence-electron chi connectivity index (χ3n) is 7.96. The summed E-state index contributed by atoms with van der Waals surface area (Å²) in [4.78, 5) is 23.8. The molecule has 0 aliphatic heterocycles. The van der Waals surface area contributed by atoms with E-state index in [1.165, 1.54) is 89.9 Å². The summed E-state index contributed by atoms with van der Waals surface area (Å²) >= 11 is 0. The molecule has 0 aliphatic carbocycles. The lowest BCUT2D eigenvalue weighted by atomic mass is 9.93. The minimum absolute atomic E-state index is 0.000881. The SMILES string of the molecule is CCC(CCCCCCCCCCCCCCC(=O)OCCCCC(C)C)CCC(=O)OCCCCC(C)C. The van der Waals surface area contributed by atoms with Crippen LogP contribution in [0.3, 0.4) is 0 Å². The highest BCUT2D eigenvalue weighted by atomic mass is 16.5. The molecular formula is C35H68O4. The number of carbonyl (C=O) groups excluding carboxylic acids is 2. The molecule has 0 rings (SSSR count). The third kappa shape index (κ3) is 29.7. The first-order valence-corrected chi connectivity index (χ1v) is 17.2. The van der Waals surface area contributed by atoms with Gasteiger partial charge in [0.2, 0.25) is 0 Å². The lowest BCUT2D eigenvalue weighted by molar-refractivity contribution is -0.145. The fourth-order valence-electron chi connectivity index (χ4n) is 5.17. The normalized spacial score (nSPS) is 12.3. The molecule has 0 radical (unpaired) electrons. The Balaban J connectivity index is 3.41. The smallest absolute Gasteiger partial charge is 0.305 e. The Morgan fingerprint density at radius 3 is 1.28 bits per heavy atom. The van der Waals surface area contributed by atoms with Gasteiger partial charge in [0.05, 0.1) is 13.2 Å². The monoisotopic (exact) mass is 553 g/mol. The van der Waals surface area contributed by atoms with Gasteiger partial charge in [-0.3, -0.25) is 9.59 Å². The first kappa shape index (κ1) is 37.9. The Morgan fingerprint density at radius 2 is 0.846 bits per heavy atom. The van der Waals surface area contributed by atoms with Crippen molar-refractivity contribution in [3.63, 3.8) is 0 Å². The fraction of sp³-hybridized carbons (Fsp3) is 0.943. The second-order valence-electron chi connectivity index (χ2n) is 12.8. The largest absolute Gasteiger partial charge is 0.466 e. The number of ether oxygens (including phenoxy) is 2. The average Bonchev–Trinajstić information content (AvgIpc) is 2.89. The topological polar surface area (TPSA) is 52.6 Å². The molecule has 0 bridgehead atoms. The molecule has 0 spiro atoms. The van der Waals surface area contributed by atoms with Crippen LogP contribution in [0.1, 0.15) is 182 Å². The molecule has 0 heterocycles. The van der Waals surface area contributed by atoms with Crippen molar-refractivity contribution in [3.05, 3.63) is 0 Å². The van der Waals surface area contributed by atoms with Crippen molar-refractivity contribution in [2.45, 2.75) is 182 Å². The number of hydrogen-bond donors (Lipinski definition) is 0. The molecule has 0 amide bonds. The summed E-state index contributed by atoms with van der Waals surface area (Å²) in [6.07, 6.45) is 26.8. The van der Waals surface area contributed by atoms with Gasteiger partial charge in [-0.15, -0.1) is 0 Å². The first-order valence-electron chi connectivity index (χ1n) is 17.2. The number of unbranched alkanes of at least 4 members (excludes halogenated alkanes) is 13. The minimum Gasteiger partial charge on any atom is -0.466 e. The van der Waals surface area contributed by atoms with Gasteiger partial charge >= 0.3 is 11.9 Å². The van der Waals surface area contributed by atoms with Crippen molar-refractivity contribution < 1.29 is 19.1 Å². The van der Waals surface area contributed by atoms with E-state index in [1.54, 1.807) is 0 Å². The molecule has 0 N–H and O–H groups in total. The lowest BCUT2D eigenvalue weighted by Gasteiger charge is -2.14. The summed E-state index contributed by atoms with van der Waals surface area (Å²) in [5.41, 5.74) is 0. The number of hydrogen-bond acceptors (Lipinski definition) is 4. The van der Waals surface area contributed by atoms with Crippen LogP contribution in [0.2, 0.25) is 0 Å². The van der Waals surface area contributed by atoms with E-state index in [-0.39, 0.29) is 11.9 Å². The van der Waals surface area contributed by atoms with E-state index in [1.807, 2.05) is 0 Å². The van der Waals surface area contributed by atoms with E-state index in [9.17, 15) is 9.59 Å². The van der Waals surface area contributed by atoms with Crippen LogP contribution < -0.4 is 0 Å². The van der Waals surface area contributed by atoms with Crippen LogP contribution in [-0.2, 0) is 19.1 Å². The molecule has 4 nitrogen and oxygen atoms in total. The predicted octanol–water partition coefficient (Wildman–Crippen LogP) is 11.0. The second kappa shape index (κ2) is 28.5. The summed E-state index contributed by atoms with van der Waals surface area (Å²) in [5.74, 6) is 2.13. The van der Waals surface area contributed by atoms with Gasteiger partial charge in [0, 0.05) is 12.8 Å². The van der Waals surface area contributed by atoms with Gasteiger partial charge in [0.1, 0.15) is 0 Å². The van der Waals surface area contributed by atoms with Gasteiger partial charge in [-0.05, 0) is 56.3 Å². The molecule has 0 aliphatic rings. The molecule has 39 heavy (non-hydrogen) atoms. The molecule has 1 atom stereocenters. The van der Waals surface area contributed by atoms with E-state index in [0.29, 0.717) is 32.0 Å². The molecule has 1 unspecified atom stereocenters. The van der Waals surface area contributed by atoms with Gasteiger partial charge in [-0.1, -0.05) is 131 Å². The van der Waals surface area contributed by atoms with Gasteiger partial charge in [-0.25, -0.2) is 0 Å². The molecule has 0 saturated carbocycles. The Morgan fingerprint density at radius 1 is 0.462 bits per heavy atom. The first-order chi connectivity index (χ1) is 18.8. The minimum atomic E-state index is -0.00674. The Kier molecular flexibility index (Phi) is 27.7. The Hall–Kier alpha value is -1.06. The molecule has 4 heteroatoms. The van der Waals surface area contributed by atoms with Gasteiger partial charge in [0.15, 0.2) is 0 Å². The molecule has 0 aromatic rings. The standard InChI is InChI=1S/C35H68O4/c1-6-33(27-28-35(37)39-30-22-20-24-32(4)5)25-17-15-13-11-9-7-8-10-12-14-16-18-26-34(36)38-29-21-19-23-31(2)3/h31-33H,6-30H2,1-5H3. The number of rotatable bonds is 29. The summed E-state index contributed by atoms with van der Waals surface area (Å²) in [6, 6.07) is 0. The number of carbonyl (C=O) groups is 2. The molecule has 0 aromatic carbocycles. The van der Waals surface area contributed by atoms with Crippen LogP contribution in [0.4, 0.5) is 0 Å². The lowest BCUT2D eigenvalue weighted by Crippen LogP contribution is -2.09. The van der Waals surface area contributed by atoms with Crippen molar-refractivity contribution in [1.82, 2.24) is 0 Å². The van der Waals surface area contributed by atoms with E-state index >= 15 is 0 Å². The predicted molar refractivity (Wildman–Crippen MR) is 167 cm³/mol. The quantitative estimate of drug-likeness (QED) is 0.0684. The highest BCUT2D eigenvalue weighted by Crippen LogP contribution is 2.21. The fourth-order valence-corrected chi connectivity index (χ4v) is 5.17. The summed E-state index contributed by atoms with van der Waals surface area (Å²) in [7, 11) is 0. The molecule has 232 valence electrons. The third-order valence-corrected chi connectivity index (χ3v) is 7.96. The zero-order valence-electron chi connectivity index (χ0n) is 27.0. The molecule has 0 fully saturated rings. The highest BCUT2D eigenvalue weighted by Gasteiger charge is 2.10. The van der Waals surface area contributed by atoms with Gasteiger partial charge < -0.3 is 9.47 Å². The van der Waals surface area contributed by atoms with Crippen LogP contribution in [0.5, 0.6) is 0 Å². The zero-order valence-corrected chi connectivity index (χ0v) is 27.0. The van der Waals surface area contributed by atoms with Crippen molar-refractivity contribution in [1.29, 1.82) is 0 Å². The average molecular weight is 553 g/mol. The molecule has 0 aromatic heterocycles. The second-order valence-corrected chi connectivity index (χ2v) is 12.8.